The lowest BCUT2D eigenvalue weighted by atomic mass is 10.3. The van der Waals surface area contributed by atoms with Crippen LogP contribution in [0.5, 0.6) is 11.5 Å². The molecule has 26 heavy (non-hydrogen) atoms. The fourth-order valence-electron chi connectivity index (χ4n) is 2.34. The number of ether oxygens (including phenoxy) is 2. The lowest BCUT2D eigenvalue weighted by Gasteiger charge is -2.16. The molecule has 1 heterocycles. The van der Waals surface area contributed by atoms with Gasteiger partial charge in [-0.3, -0.25) is 0 Å². The normalized spacial score (nSPS) is 12.5. The summed E-state index contributed by atoms with van der Waals surface area (Å²) in [4.78, 5) is 10.2. The Hall–Kier alpha value is -2.28. The second-order valence-electron chi connectivity index (χ2n) is 5.84. The van der Waals surface area contributed by atoms with Crippen molar-refractivity contribution in [1.82, 2.24) is 15.6 Å². The molecule has 7 heteroatoms. The molecule has 0 bridgehead atoms. The predicted octanol–water partition coefficient (Wildman–Crippen LogP) is 3.03. The molecule has 1 aromatic carbocycles. The molecule has 0 radical (unpaired) electrons. The van der Waals surface area contributed by atoms with Crippen molar-refractivity contribution in [3.05, 3.63) is 40.3 Å². The van der Waals surface area contributed by atoms with Crippen molar-refractivity contribution in [3.8, 4) is 11.5 Å². The van der Waals surface area contributed by atoms with E-state index >= 15 is 0 Å². The number of para-hydroxylation sites is 2. The summed E-state index contributed by atoms with van der Waals surface area (Å²) in [6.07, 6.45) is 2.73. The highest BCUT2D eigenvalue weighted by molar-refractivity contribution is 7.11. The number of nitrogens with zero attached hydrogens (tertiary/aromatic N) is 2. The van der Waals surface area contributed by atoms with Crippen LogP contribution in [0.2, 0.25) is 0 Å². The van der Waals surface area contributed by atoms with Crippen molar-refractivity contribution in [3.63, 3.8) is 0 Å². The van der Waals surface area contributed by atoms with E-state index in [0.29, 0.717) is 6.54 Å². The largest absolute Gasteiger partial charge is 0.493 e. The molecule has 2 N–H and O–H groups in total. The second-order valence-corrected chi connectivity index (χ2v) is 7.16. The number of thiazole rings is 1. The molecule has 1 atom stereocenters. The van der Waals surface area contributed by atoms with Crippen LogP contribution in [-0.2, 0) is 6.42 Å². The smallest absolute Gasteiger partial charge is 0.191 e. The van der Waals surface area contributed by atoms with Crippen molar-refractivity contribution in [1.29, 1.82) is 0 Å². The molecule has 2 rings (SSSR count). The molecule has 0 amide bonds. The zero-order chi connectivity index (χ0) is 18.8. The first-order valence-corrected chi connectivity index (χ1v) is 9.67. The zero-order valence-corrected chi connectivity index (χ0v) is 16.7. The molecular formula is C19H28N4O2S. The predicted molar refractivity (Wildman–Crippen MR) is 108 cm³/mol. The Morgan fingerprint density at radius 3 is 2.69 bits per heavy atom. The van der Waals surface area contributed by atoms with Crippen LogP contribution in [0, 0.1) is 6.92 Å². The molecule has 1 aromatic heterocycles. The fourth-order valence-corrected chi connectivity index (χ4v) is 3.12. The number of hydrogen-bond donors (Lipinski definition) is 2. The summed E-state index contributed by atoms with van der Waals surface area (Å²) >= 11 is 1.73. The fraction of sp³-hybridized carbons (Fsp3) is 0.474. The average molecular weight is 377 g/mol. The molecule has 0 aliphatic carbocycles. The number of aryl methyl sites for hydroxylation is 1. The van der Waals surface area contributed by atoms with E-state index in [2.05, 4.69) is 34.5 Å². The first-order valence-electron chi connectivity index (χ1n) is 8.85. The van der Waals surface area contributed by atoms with E-state index in [1.807, 2.05) is 37.4 Å². The summed E-state index contributed by atoms with van der Waals surface area (Å²) in [5.41, 5.74) is 0. The van der Waals surface area contributed by atoms with Crippen LogP contribution < -0.4 is 20.1 Å². The van der Waals surface area contributed by atoms with Gasteiger partial charge in [0.15, 0.2) is 17.5 Å². The van der Waals surface area contributed by atoms with Crippen LogP contribution in [0.25, 0.3) is 0 Å². The molecule has 0 spiro atoms. The summed E-state index contributed by atoms with van der Waals surface area (Å²) in [6, 6.07) is 7.64. The Bertz CT molecular complexity index is 702. The topological polar surface area (TPSA) is 67.8 Å². The second kappa shape index (κ2) is 10.7. The van der Waals surface area contributed by atoms with Gasteiger partial charge in [0.2, 0.25) is 0 Å². The Balaban J connectivity index is 1.84. The molecule has 1 unspecified atom stereocenters. The van der Waals surface area contributed by atoms with Gasteiger partial charge in [0.1, 0.15) is 6.10 Å². The van der Waals surface area contributed by atoms with Gasteiger partial charge in [-0.1, -0.05) is 12.1 Å². The van der Waals surface area contributed by atoms with Gasteiger partial charge >= 0.3 is 0 Å². The van der Waals surface area contributed by atoms with Gasteiger partial charge < -0.3 is 20.1 Å². The maximum atomic E-state index is 5.95. The quantitative estimate of drug-likeness (QED) is 0.520. The molecule has 0 aliphatic heterocycles. The number of aromatic nitrogens is 1. The molecule has 2 aromatic rings. The average Bonchev–Trinajstić information content (AvgIpc) is 3.05. The highest BCUT2D eigenvalue weighted by Crippen LogP contribution is 2.26. The summed E-state index contributed by atoms with van der Waals surface area (Å²) < 4.78 is 11.3. The minimum atomic E-state index is -0.0663. The van der Waals surface area contributed by atoms with Crippen molar-refractivity contribution < 1.29 is 9.47 Å². The molecule has 0 saturated carbocycles. The first-order chi connectivity index (χ1) is 12.6. The van der Waals surface area contributed by atoms with Gasteiger partial charge in [0, 0.05) is 30.6 Å². The van der Waals surface area contributed by atoms with Crippen LogP contribution >= 0.6 is 11.3 Å². The van der Waals surface area contributed by atoms with Crippen molar-refractivity contribution in [2.75, 3.05) is 26.7 Å². The van der Waals surface area contributed by atoms with E-state index in [1.165, 1.54) is 4.88 Å². The Morgan fingerprint density at radius 1 is 1.27 bits per heavy atom. The standard InChI is InChI=1S/C19H28N4O2S/c1-5-20-19(21-11-10-18-22-13-15(3)26-18)23-12-14(2)25-17-9-7-6-8-16(17)24-4/h6-9,13-14H,5,10-12H2,1-4H3,(H2,20,21,23). The molecule has 0 saturated heterocycles. The Morgan fingerprint density at radius 2 is 2.04 bits per heavy atom. The summed E-state index contributed by atoms with van der Waals surface area (Å²) in [5, 5.41) is 7.74. The third kappa shape index (κ3) is 6.55. The molecule has 0 aliphatic rings. The lowest BCUT2D eigenvalue weighted by molar-refractivity contribution is 0.219. The maximum Gasteiger partial charge on any atom is 0.191 e. The molecule has 0 fully saturated rings. The van der Waals surface area contributed by atoms with E-state index < -0.39 is 0 Å². The zero-order valence-electron chi connectivity index (χ0n) is 15.9. The minimum absolute atomic E-state index is 0.0663. The SMILES string of the molecule is CCNC(=NCC(C)Oc1ccccc1OC)NCCc1ncc(C)s1. The van der Waals surface area contributed by atoms with E-state index in [-0.39, 0.29) is 6.10 Å². The van der Waals surface area contributed by atoms with Crippen molar-refractivity contribution >= 4 is 17.3 Å². The van der Waals surface area contributed by atoms with Crippen LogP contribution in [0.4, 0.5) is 0 Å². The van der Waals surface area contributed by atoms with Crippen LogP contribution in [0.1, 0.15) is 23.7 Å². The van der Waals surface area contributed by atoms with Gasteiger partial charge in [-0.15, -0.1) is 11.3 Å². The van der Waals surface area contributed by atoms with E-state index in [4.69, 9.17) is 9.47 Å². The molecular weight excluding hydrogens is 348 g/mol. The minimum Gasteiger partial charge on any atom is -0.493 e. The Kier molecular flexibility index (Phi) is 8.21. The molecule has 6 nitrogen and oxygen atoms in total. The van der Waals surface area contributed by atoms with E-state index in [9.17, 15) is 0 Å². The molecule has 142 valence electrons. The first kappa shape index (κ1) is 20.0. The van der Waals surface area contributed by atoms with Gasteiger partial charge in [0.25, 0.3) is 0 Å². The highest BCUT2D eigenvalue weighted by Gasteiger charge is 2.09. The number of rotatable bonds is 9. The van der Waals surface area contributed by atoms with Gasteiger partial charge in [-0.2, -0.15) is 0 Å². The highest BCUT2D eigenvalue weighted by atomic mass is 32.1. The van der Waals surface area contributed by atoms with E-state index in [1.54, 1.807) is 18.4 Å². The number of benzene rings is 1. The van der Waals surface area contributed by atoms with Crippen molar-refractivity contribution in [2.24, 2.45) is 4.99 Å². The number of nitrogens with one attached hydrogen (secondary N) is 2. The van der Waals surface area contributed by atoms with Crippen LogP contribution in [-0.4, -0.2) is 43.8 Å². The summed E-state index contributed by atoms with van der Waals surface area (Å²) in [7, 11) is 1.64. The lowest BCUT2D eigenvalue weighted by Crippen LogP contribution is -2.39. The van der Waals surface area contributed by atoms with Gasteiger partial charge in [-0.05, 0) is 32.9 Å². The summed E-state index contributed by atoms with van der Waals surface area (Å²) in [6.45, 7) is 8.27. The Labute approximate surface area is 159 Å². The number of hydrogen-bond acceptors (Lipinski definition) is 5. The third-order valence-corrected chi connectivity index (χ3v) is 4.52. The number of methoxy groups -OCH3 is 1. The van der Waals surface area contributed by atoms with Crippen LogP contribution in [0.3, 0.4) is 0 Å². The number of aliphatic imine (C=N–C) groups is 1. The summed E-state index contributed by atoms with van der Waals surface area (Å²) in [5.74, 6) is 2.25. The van der Waals surface area contributed by atoms with E-state index in [0.717, 1.165) is 42.0 Å². The maximum absolute atomic E-state index is 5.95. The number of guanidine groups is 1. The third-order valence-electron chi connectivity index (χ3n) is 3.55. The van der Waals surface area contributed by atoms with Crippen molar-refractivity contribution in [2.45, 2.75) is 33.3 Å². The van der Waals surface area contributed by atoms with Crippen LogP contribution in [0.15, 0.2) is 35.5 Å². The van der Waals surface area contributed by atoms with Gasteiger partial charge in [-0.25, -0.2) is 9.98 Å². The van der Waals surface area contributed by atoms with Gasteiger partial charge in [0.05, 0.1) is 18.7 Å². The monoisotopic (exact) mass is 376 g/mol.